The number of carboxylic acids is 1. The Hall–Kier alpha value is -4.41. The van der Waals surface area contributed by atoms with E-state index in [4.69, 9.17) is 15.3 Å². The number of benzene rings is 1. The Morgan fingerprint density at radius 2 is 2.11 bits per heavy atom. The third-order valence-electron chi connectivity index (χ3n) is 7.79. The fourth-order valence-electron chi connectivity index (χ4n) is 5.18. The highest BCUT2D eigenvalue weighted by Gasteiger charge is 2.57. The quantitative estimate of drug-likeness (QED) is 0.0318. The van der Waals surface area contributed by atoms with E-state index in [1.807, 2.05) is 22.6 Å². The Labute approximate surface area is 271 Å². The molecule has 0 bridgehead atoms. The van der Waals surface area contributed by atoms with Gasteiger partial charge in [0.05, 0.1) is 30.0 Å². The molecule has 0 saturated carbocycles. The standard InChI is InChI=1S/C26H32N8O11S2/c1-26(2)21(23(37)34(26)45-47(40,41)42)30-22(36)20(16-12-46-25(27)29-16)31-44-19(24(38)39)11-43-15-4-5-17-13(6-15)9-33(32(17)3)10-14-7-28-8-18(14)35/h4-6,9,12,14,18-19,21,28,35H,7-8,10-11H2,1-3H3,(H4-,27,29,30,36,38,39,40,41,42)/b31-20-/t14-,18-,19+,21?/m1/s1. The van der Waals surface area contributed by atoms with Gasteiger partial charge >= 0.3 is 5.97 Å². The van der Waals surface area contributed by atoms with Crippen LogP contribution in [0.2, 0.25) is 0 Å². The molecule has 4 atom stereocenters. The molecule has 1 unspecified atom stereocenters. The van der Waals surface area contributed by atoms with Crippen LogP contribution < -0.4 is 25.8 Å². The molecular formula is C26H32N8O11S2. The van der Waals surface area contributed by atoms with Crippen molar-refractivity contribution in [3.05, 3.63) is 35.5 Å². The summed E-state index contributed by atoms with van der Waals surface area (Å²) in [5.74, 6) is -3.16. The molecule has 5 rings (SSSR count). The molecule has 3 aromatic rings. The van der Waals surface area contributed by atoms with Crippen molar-refractivity contribution in [1.29, 1.82) is 0 Å². The number of nitrogens with one attached hydrogen (secondary N) is 2. The second kappa shape index (κ2) is 13.0. The van der Waals surface area contributed by atoms with Gasteiger partial charge in [0.15, 0.2) is 17.4 Å². The van der Waals surface area contributed by atoms with Crippen LogP contribution in [0.1, 0.15) is 19.5 Å². The maximum atomic E-state index is 13.2. The third kappa shape index (κ3) is 7.29. The van der Waals surface area contributed by atoms with Gasteiger partial charge in [-0.1, -0.05) is 5.16 Å². The third-order valence-corrected chi connectivity index (χ3v) is 8.80. The summed E-state index contributed by atoms with van der Waals surface area (Å²) >= 11 is 0.950. The number of oxime groups is 1. The van der Waals surface area contributed by atoms with E-state index in [0.29, 0.717) is 30.4 Å². The number of aliphatic carboxylic acids is 1. The van der Waals surface area contributed by atoms with E-state index in [2.05, 4.69) is 25.1 Å². The summed E-state index contributed by atoms with van der Waals surface area (Å²) in [6.45, 7) is 3.97. The van der Waals surface area contributed by atoms with E-state index in [0.717, 1.165) is 22.2 Å². The number of β-amino-alcohol motifs (C(OH)–C–C–N with tert-alkyl or cyclic N) is 1. The average molecular weight is 697 g/mol. The van der Waals surface area contributed by atoms with Gasteiger partial charge in [-0.15, -0.1) is 16.0 Å². The first-order valence-corrected chi connectivity index (χ1v) is 16.3. The Bertz CT molecular complexity index is 1840. The molecule has 0 aliphatic carbocycles. The van der Waals surface area contributed by atoms with Gasteiger partial charge in [0.25, 0.3) is 17.9 Å². The van der Waals surface area contributed by atoms with Crippen molar-refractivity contribution in [1.82, 2.24) is 25.4 Å². The van der Waals surface area contributed by atoms with Gasteiger partial charge in [-0.05, 0) is 32.0 Å². The molecule has 1 aromatic carbocycles. The molecular weight excluding hydrogens is 664 g/mol. The van der Waals surface area contributed by atoms with Gasteiger partial charge in [-0.3, -0.25) is 9.59 Å². The summed E-state index contributed by atoms with van der Waals surface area (Å²) in [5.41, 5.74) is 4.47. The molecule has 2 aliphatic heterocycles. The number of aliphatic hydroxyl groups excluding tert-OH is 1. The van der Waals surface area contributed by atoms with Crippen LogP contribution in [0.5, 0.6) is 5.75 Å². The van der Waals surface area contributed by atoms with Crippen molar-refractivity contribution in [3.63, 3.8) is 0 Å². The molecule has 2 aromatic heterocycles. The van der Waals surface area contributed by atoms with Crippen LogP contribution in [0.25, 0.3) is 10.9 Å². The van der Waals surface area contributed by atoms with Crippen LogP contribution in [0.3, 0.4) is 0 Å². The SMILES string of the molecule is Cn1c2ccc(OC[C@H](O/N=C(\C(=O)NC3C(=O)N(OS(=O)(=O)[O-])C3(C)C)c3csc(N)n3)C(=O)O)cc2c[n+]1C[C@H]1CNC[C@H]1O. The predicted molar refractivity (Wildman–Crippen MR) is 160 cm³/mol. The lowest BCUT2D eigenvalue weighted by Crippen LogP contribution is -2.76. The van der Waals surface area contributed by atoms with Crippen LogP contribution >= 0.6 is 11.3 Å². The number of hydrogen-bond acceptors (Lipinski definition) is 15. The van der Waals surface area contributed by atoms with Crippen LogP contribution in [0.4, 0.5) is 5.13 Å². The van der Waals surface area contributed by atoms with E-state index in [1.165, 1.54) is 19.2 Å². The first kappa shape index (κ1) is 33.9. The van der Waals surface area contributed by atoms with Crippen molar-refractivity contribution < 1.29 is 56.1 Å². The number of anilines is 1. The van der Waals surface area contributed by atoms with Gasteiger partial charge in [-0.25, -0.2) is 18.2 Å². The highest BCUT2D eigenvalue weighted by atomic mass is 32.3. The van der Waals surface area contributed by atoms with Gasteiger partial charge in [0.1, 0.15) is 29.6 Å². The molecule has 6 N–H and O–H groups in total. The maximum absolute atomic E-state index is 13.2. The van der Waals surface area contributed by atoms with Crippen molar-refractivity contribution in [2.24, 2.45) is 18.1 Å². The number of aryl methyl sites for hydroxylation is 1. The highest BCUT2D eigenvalue weighted by molar-refractivity contribution is 7.80. The molecule has 254 valence electrons. The largest absolute Gasteiger partial charge is 0.724 e. The minimum absolute atomic E-state index is 0.0486. The number of hydroxylamine groups is 2. The van der Waals surface area contributed by atoms with Gasteiger partial charge in [0, 0.05) is 18.5 Å². The first-order valence-electron chi connectivity index (χ1n) is 14.0. The molecule has 2 saturated heterocycles. The van der Waals surface area contributed by atoms with Crippen molar-refractivity contribution in [2.75, 3.05) is 25.4 Å². The zero-order valence-corrected chi connectivity index (χ0v) is 26.9. The van der Waals surface area contributed by atoms with Crippen LogP contribution in [-0.4, -0.2) is 105 Å². The molecule has 0 radical (unpaired) electrons. The van der Waals surface area contributed by atoms with E-state index < -0.39 is 64.3 Å². The lowest BCUT2D eigenvalue weighted by atomic mass is 9.84. The number of aromatic nitrogens is 3. The number of nitrogens with zero attached hydrogens (tertiary/aromatic N) is 5. The fraction of sp³-hybridized carbons (Fsp3) is 0.462. The van der Waals surface area contributed by atoms with Crippen LogP contribution in [-0.2, 0) is 47.5 Å². The lowest BCUT2D eigenvalue weighted by molar-refractivity contribution is -0.776. The topological polar surface area (TPSA) is 264 Å². The van der Waals surface area contributed by atoms with Gasteiger partial charge in [0.2, 0.25) is 16.6 Å². The number of ether oxygens (including phenoxy) is 1. The number of nitrogen functional groups attached to an aromatic ring is 1. The zero-order chi connectivity index (χ0) is 34.3. The van der Waals surface area contributed by atoms with Crippen LogP contribution in [0, 0.1) is 5.92 Å². The number of nitrogens with two attached hydrogens (primary N) is 1. The highest BCUT2D eigenvalue weighted by Crippen LogP contribution is 2.33. The Kier molecular flexibility index (Phi) is 9.39. The monoisotopic (exact) mass is 696 g/mol. The number of thiazole rings is 1. The summed E-state index contributed by atoms with van der Waals surface area (Å²) in [7, 11) is -3.39. The molecule has 2 amide bonds. The smallest absolute Gasteiger partial charge is 0.351 e. The molecule has 0 spiro atoms. The van der Waals surface area contributed by atoms with Crippen molar-refractivity contribution in [2.45, 2.75) is 44.2 Å². The summed E-state index contributed by atoms with van der Waals surface area (Å²) in [6.07, 6.45) is -0.251. The predicted octanol–water partition coefficient (Wildman–Crippen LogP) is -2.16. The second-order valence-electron chi connectivity index (χ2n) is 11.4. The van der Waals surface area contributed by atoms with E-state index in [1.54, 1.807) is 18.2 Å². The first-order chi connectivity index (χ1) is 22.0. The number of rotatable bonds is 13. The second-order valence-corrected chi connectivity index (χ2v) is 13.3. The molecule has 2 aliphatic rings. The number of carbonyl (C=O) groups excluding carboxylic acids is 2. The van der Waals surface area contributed by atoms with Gasteiger partial charge in [-0.2, -0.15) is 14.0 Å². The van der Waals surface area contributed by atoms with Crippen molar-refractivity contribution >= 4 is 61.3 Å². The Morgan fingerprint density at radius 3 is 2.70 bits per heavy atom. The lowest BCUT2D eigenvalue weighted by Gasteiger charge is -2.51. The number of carbonyl (C=O) groups is 3. The summed E-state index contributed by atoms with van der Waals surface area (Å²) in [6, 6.07) is 3.82. The minimum atomic E-state index is -5.27. The number of carboxylic acid groups (broad SMARTS) is 1. The average Bonchev–Trinajstić information content (AvgIpc) is 3.69. The Balaban J connectivity index is 1.29. The fourth-order valence-corrected chi connectivity index (χ4v) is 6.18. The summed E-state index contributed by atoms with van der Waals surface area (Å²) < 4.78 is 46.8. The van der Waals surface area contributed by atoms with E-state index in [9.17, 15) is 37.6 Å². The minimum Gasteiger partial charge on any atom is -0.724 e. The molecule has 47 heavy (non-hydrogen) atoms. The Morgan fingerprint density at radius 1 is 1.36 bits per heavy atom. The van der Waals surface area contributed by atoms with Crippen LogP contribution in [0.15, 0.2) is 34.9 Å². The maximum Gasteiger partial charge on any atom is 0.351 e. The summed E-state index contributed by atoms with van der Waals surface area (Å²) in [5, 5.41) is 31.7. The van der Waals surface area contributed by atoms with Gasteiger partial charge < -0.3 is 40.7 Å². The molecule has 2 fully saturated rings. The number of aliphatic hydroxyl groups is 1. The molecule has 21 heteroatoms. The normalized spacial score (nSPS) is 21.8. The number of hydrogen-bond donors (Lipinski definition) is 5. The molecule has 4 heterocycles. The molecule has 19 nitrogen and oxygen atoms in total. The van der Waals surface area contributed by atoms with Crippen molar-refractivity contribution in [3.8, 4) is 5.75 Å². The summed E-state index contributed by atoms with van der Waals surface area (Å²) in [4.78, 5) is 46.9. The van der Waals surface area contributed by atoms with E-state index >= 15 is 0 Å². The number of amides is 2. The number of fused-ring (bicyclic) bond motifs is 1. The number of β-lactam (4-membered cyclic amide) rings is 1. The zero-order valence-electron chi connectivity index (χ0n) is 25.2. The van der Waals surface area contributed by atoms with E-state index in [-0.39, 0.29) is 16.7 Å².